The molecule has 0 saturated heterocycles. The molecule has 1 saturated carbocycles. The summed E-state index contributed by atoms with van der Waals surface area (Å²) in [7, 11) is 0. The van der Waals surface area contributed by atoms with E-state index < -0.39 is 0 Å². The van der Waals surface area contributed by atoms with Crippen molar-refractivity contribution in [2.24, 2.45) is 5.92 Å². The predicted octanol–water partition coefficient (Wildman–Crippen LogP) is 1.96. The third-order valence-corrected chi connectivity index (χ3v) is 2.79. The molecule has 0 aromatic carbocycles. The zero-order valence-corrected chi connectivity index (χ0v) is 8.18. The molecule has 1 rings (SSSR count). The highest BCUT2D eigenvalue weighted by Gasteiger charge is 2.34. The van der Waals surface area contributed by atoms with E-state index in [1.807, 2.05) is 6.92 Å². The molecule has 0 aliphatic heterocycles. The largest absolute Gasteiger partial charge is 0.393 e. The van der Waals surface area contributed by atoms with Gasteiger partial charge in [0.1, 0.15) is 0 Å². The fourth-order valence-corrected chi connectivity index (χ4v) is 2.24. The van der Waals surface area contributed by atoms with Gasteiger partial charge in [0.15, 0.2) is 0 Å². The van der Waals surface area contributed by atoms with Gasteiger partial charge < -0.3 is 9.84 Å². The van der Waals surface area contributed by atoms with Crippen molar-refractivity contribution in [2.75, 3.05) is 13.2 Å². The molecule has 12 heavy (non-hydrogen) atoms. The van der Waals surface area contributed by atoms with E-state index in [0.29, 0.717) is 12.5 Å². The van der Waals surface area contributed by atoms with Crippen LogP contribution in [0.25, 0.3) is 0 Å². The highest BCUT2D eigenvalue weighted by atomic mass is 16.5. The summed E-state index contributed by atoms with van der Waals surface area (Å²) >= 11 is 0. The van der Waals surface area contributed by atoms with Crippen LogP contribution in [0.4, 0.5) is 0 Å². The summed E-state index contributed by atoms with van der Waals surface area (Å²) in [6, 6.07) is 0. The number of rotatable bonds is 3. The third kappa shape index (κ3) is 2.20. The van der Waals surface area contributed by atoms with E-state index in [-0.39, 0.29) is 12.2 Å². The first-order valence-corrected chi connectivity index (χ1v) is 4.97. The van der Waals surface area contributed by atoms with Crippen molar-refractivity contribution < 1.29 is 9.84 Å². The van der Waals surface area contributed by atoms with Crippen molar-refractivity contribution in [3.8, 4) is 0 Å². The maximum Gasteiger partial charge on any atom is 0.0914 e. The number of hydrogen-bond donors (Lipinski definition) is 1. The average molecular weight is 172 g/mol. The second-order valence-corrected chi connectivity index (χ2v) is 3.98. The zero-order chi connectivity index (χ0) is 9.03. The van der Waals surface area contributed by atoms with Crippen LogP contribution in [0.15, 0.2) is 0 Å². The normalized spacial score (nSPS) is 36.8. The topological polar surface area (TPSA) is 29.5 Å². The molecule has 0 spiro atoms. The van der Waals surface area contributed by atoms with Gasteiger partial charge in [0.05, 0.1) is 12.2 Å². The van der Waals surface area contributed by atoms with Gasteiger partial charge in [-0.3, -0.25) is 0 Å². The molecule has 0 aromatic heterocycles. The van der Waals surface area contributed by atoms with Gasteiger partial charge in [-0.15, -0.1) is 0 Å². The molecule has 72 valence electrons. The molecule has 1 aliphatic carbocycles. The molecule has 1 fully saturated rings. The lowest BCUT2D eigenvalue weighted by Crippen LogP contribution is -2.41. The minimum Gasteiger partial charge on any atom is -0.393 e. The molecular weight excluding hydrogens is 152 g/mol. The van der Waals surface area contributed by atoms with Crippen molar-refractivity contribution in [1.82, 2.24) is 0 Å². The number of hydrogen-bond acceptors (Lipinski definition) is 2. The summed E-state index contributed by atoms with van der Waals surface area (Å²) in [6.07, 6.45) is 4.54. The summed E-state index contributed by atoms with van der Waals surface area (Å²) in [5, 5.41) is 9.27. The fraction of sp³-hybridized carbons (Fsp3) is 1.00. The first-order chi connectivity index (χ1) is 5.72. The SMILES string of the molecule is CCOC1(CO)CCCC(C)C1. The van der Waals surface area contributed by atoms with Crippen LogP contribution >= 0.6 is 0 Å². The monoisotopic (exact) mass is 172 g/mol. The zero-order valence-electron chi connectivity index (χ0n) is 8.18. The second kappa shape index (κ2) is 4.24. The molecule has 0 radical (unpaired) electrons. The van der Waals surface area contributed by atoms with Crippen molar-refractivity contribution in [3.05, 3.63) is 0 Å². The Kier molecular flexibility index (Phi) is 3.53. The summed E-state index contributed by atoms with van der Waals surface area (Å²) in [5.41, 5.74) is -0.202. The Bertz CT molecular complexity index is 132. The lowest BCUT2D eigenvalue weighted by molar-refractivity contribution is -0.106. The van der Waals surface area contributed by atoms with Gasteiger partial charge in [0.2, 0.25) is 0 Å². The summed E-state index contributed by atoms with van der Waals surface area (Å²) in [4.78, 5) is 0. The number of aliphatic hydroxyl groups is 1. The van der Waals surface area contributed by atoms with Gasteiger partial charge in [-0.2, -0.15) is 0 Å². The lowest BCUT2D eigenvalue weighted by atomic mass is 9.79. The molecule has 2 heteroatoms. The van der Waals surface area contributed by atoms with E-state index in [2.05, 4.69) is 6.92 Å². The fourth-order valence-electron chi connectivity index (χ4n) is 2.24. The highest BCUT2D eigenvalue weighted by Crippen LogP contribution is 2.34. The Labute approximate surface area is 74.9 Å². The molecular formula is C10H20O2. The Morgan fingerprint density at radius 3 is 2.83 bits per heavy atom. The highest BCUT2D eigenvalue weighted by molar-refractivity contribution is 4.86. The van der Waals surface area contributed by atoms with Crippen LogP contribution < -0.4 is 0 Å². The molecule has 0 bridgehead atoms. The molecule has 2 unspecified atom stereocenters. The first kappa shape index (κ1) is 10.0. The van der Waals surface area contributed by atoms with Crippen LogP contribution in [-0.2, 0) is 4.74 Å². The molecule has 0 amide bonds. The van der Waals surface area contributed by atoms with Crippen LogP contribution in [0.1, 0.15) is 39.5 Å². The maximum atomic E-state index is 9.27. The second-order valence-electron chi connectivity index (χ2n) is 3.98. The Morgan fingerprint density at radius 1 is 1.58 bits per heavy atom. The summed E-state index contributed by atoms with van der Waals surface area (Å²) < 4.78 is 5.64. The van der Waals surface area contributed by atoms with Crippen LogP contribution in [0.2, 0.25) is 0 Å². The van der Waals surface area contributed by atoms with E-state index in [9.17, 15) is 5.11 Å². The van der Waals surface area contributed by atoms with E-state index in [1.54, 1.807) is 0 Å². The first-order valence-electron chi connectivity index (χ1n) is 4.97. The quantitative estimate of drug-likeness (QED) is 0.705. The molecule has 0 aromatic rings. The molecule has 1 aliphatic rings. The standard InChI is InChI=1S/C10H20O2/c1-3-12-10(8-11)6-4-5-9(2)7-10/h9,11H,3-8H2,1-2H3. The maximum absolute atomic E-state index is 9.27. The molecule has 2 nitrogen and oxygen atoms in total. The van der Waals surface area contributed by atoms with Gasteiger partial charge in [-0.1, -0.05) is 19.8 Å². The average Bonchev–Trinajstić information content (AvgIpc) is 2.05. The van der Waals surface area contributed by atoms with Crippen molar-refractivity contribution >= 4 is 0 Å². The van der Waals surface area contributed by atoms with E-state index in [1.165, 1.54) is 12.8 Å². The Hall–Kier alpha value is -0.0800. The molecule has 0 heterocycles. The van der Waals surface area contributed by atoms with Crippen LogP contribution in [-0.4, -0.2) is 23.9 Å². The van der Waals surface area contributed by atoms with Crippen molar-refractivity contribution in [3.63, 3.8) is 0 Å². The predicted molar refractivity (Wildman–Crippen MR) is 49.1 cm³/mol. The van der Waals surface area contributed by atoms with Gasteiger partial charge in [0.25, 0.3) is 0 Å². The van der Waals surface area contributed by atoms with E-state index >= 15 is 0 Å². The number of ether oxygens (including phenoxy) is 1. The van der Waals surface area contributed by atoms with Crippen molar-refractivity contribution in [1.29, 1.82) is 0 Å². The van der Waals surface area contributed by atoms with Crippen molar-refractivity contribution in [2.45, 2.75) is 45.1 Å². The van der Waals surface area contributed by atoms with Crippen LogP contribution in [0.5, 0.6) is 0 Å². The van der Waals surface area contributed by atoms with Crippen LogP contribution in [0.3, 0.4) is 0 Å². The minimum absolute atomic E-state index is 0.186. The molecule has 2 atom stereocenters. The Morgan fingerprint density at radius 2 is 2.33 bits per heavy atom. The molecule has 1 N–H and O–H groups in total. The van der Waals surface area contributed by atoms with Crippen LogP contribution in [0, 0.1) is 5.92 Å². The lowest BCUT2D eigenvalue weighted by Gasteiger charge is -2.38. The Balaban J connectivity index is 2.51. The number of aliphatic hydroxyl groups excluding tert-OH is 1. The van der Waals surface area contributed by atoms with Gasteiger partial charge in [-0.25, -0.2) is 0 Å². The summed E-state index contributed by atoms with van der Waals surface area (Å²) in [6.45, 7) is 5.14. The third-order valence-electron chi connectivity index (χ3n) is 2.79. The van der Waals surface area contributed by atoms with E-state index in [4.69, 9.17) is 4.74 Å². The van der Waals surface area contributed by atoms with Gasteiger partial charge in [-0.05, 0) is 25.7 Å². The van der Waals surface area contributed by atoms with Gasteiger partial charge in [0, 0.05) is 6.61 Å². The van der Waals surface area contributed by atoms with Gasteiger partial charge >= 0.3 is 0 Å². The smallest absolute Gasteiger partial charge is 0.0914 e. The minimum atomic E-state index is -0.202. The summed E-state index contributed by atoms with van der Waals surface area (Å²) in [5.74, 6) is 0.706. The van der Waals surface area contributed by atoms with E-state index in [0.717, 1.165) is 12.8 Å².